The summed E-state index contributed by atoms with van der Waals surface area (Å²) in [5.74, 6) is 0.0685. The Bertz CT molecular complexity index is 1100. The molecule has 0 bridgehead atoms. The molecule has 0 aliphatic heterocycles. The molecular weight excluding hydrogens is 321 g/mol. The Morgan fingerprint density at radius 3 is 2.64 bits per heavy atom. The molecule has 0 saturated heterocycles. The Labute approximate surface area is 142 Å². The standard InChI is InChI=1S/C18H12FN5O/c1-20-16-8-21-15-7-4-12(9-24(15)16)17-14(10-25)22-23-18(17)11-2-5-13(19)6-3-11/h2-9,25H,10H2,(H,22,23). The van der Waals surface area contributed by atoms with Gasteiger partial charge in [0.05, 0.1) is 24.7 Å². The number of aromatic nitrogens is 4. The largest absolute Gasteiger partial charge is 0.390 e. The molecule has 0 aliphatic carbocycles. The van der Waals surface area contributed by atoms with Gasteiger partial charge in [-0.15, -0.1) is 0 Å². The lowest BCUT2D eigenvalue weighted by Gasteiger charge is -2.05. The van der Waals surface area contributed by atoms with Crippen LogP contribution in [0.3, 0.4) is 0 Å². The fourth-order valence-electron chi connectivity index (χ4n) is 2.82. The molecule has 0 spiro atoms. The fraction of sp³-hybridized carbons (Fsp3) is 0.0556. The third-order valence-electron chi connectivity index (χ3n) is 4.01. The van der Waals surface area contributed by atoms with Crippen LogP contribution in [0.15, 0.2) is 48.8 Å². The SMILES string of the molecule is [C-]#[N+]c1cnc2ccc(-c3c(-c4ccc(F)cc4)n[nH]c3CO)cn12. The molecule has 1 aromatic carbocycles. The summed E-state index contributed by atoms with van der Waals surface area (Å²) in [6.45, 7) is 7.01. The third-order valence-corrected chi connectivity index (χ3v) is 4.01. The van der Waals surface area contributed by atoms with Crippen molar-refractivity contribution in [2.45, 2.75) is 6.61 Å². The highest BCUT2D eigenvalue weighted by atomic mass is 19.1. The molecule has 4 aromatic rings. The van der Waals surface area contributed by atoms with Crippen molar-refractivity contribution in [2.24, 2.45) is 0 Å². The number of imidazole rings is 1. The molecule has 122 valence electrons. The number of aliphatic hydroxyl groups is 1. The van der Waals surface area contributed by atoms with E-state index in [-0.39, 0.29) is 12.4 Å². The number of fused-ring (bicyclic) bond motifs is 1. The molecule has 3 heterocycles. The molecule has 0 unspecified atom stereocenters. The summed E-state index contributed by atoms with van der Waals surface area (Å²) in [6.07, 6.45) is 3.29. The Morgan fingerprint density at radius 1 is 1.16 bits per heavy atom. The maximum atomic E-state index is 13.2. The van der Waals surface area contributed by atoms with E-state index in [4.69, 9.17) is 6.57 Å². The third kappa shape index (κ3) is 2.45. The van der Waals surface area contributed by atoms with Crippen LogP contribution in [-0.4, -0.2) is 24.7 Å². The minimum absolute atomic E-state index is 0.221. The second-order valence-corrected chi connectivity index (χ2v) is 5.46. The number of aromatic amines is 1. The first-order valence-corrected chi connectivity index (χ1v) is 7.50. The van der Waals surface area contributed by atoms with Crippen molar-refractivity contribution in [1.82, 2.24) is 19.6 Å². The van der Waals surface area contributed by atoms with Gasteiger partial charge in [-0.25, -0.2) is 13.8 Å². The van der Waals surface area contributed by atoms with E-state index in [1.165, 1.54) is 18.3 Å². The van der Waals surface area contributed by atoms with Crippen molar-refractivity contribution in [2.75, 3.05) is 0 Å². The number of hydrogen-bond donors (Lipinski definition) is 2. The van der Waals surface area contributed by atoms with Gasteiger partial charge in [-0.1, -0.05) is 6.57 Å². The zero-order valence-corrected chi connectivity index (χ0v) is 12.9. The highest BCUT2D eigenvalue weighted by Gasteiger charge is 2.18. The number of nitrogens with zero attached hydrogens (tertiary/aromatic N) is 4. The molecule has 0 aliphatic rings. The van der Waals surface area contributed by atoms with Gasteiger partial charge in [0, 0.05) is 22.8 Å². The number of hydrogen-bond acceptors (Lipinski definition) is 3. The second kappa shape index (κ2) is 5.85. The molecule has 3 aromatic heterocycles. The van der Waals surface area contributed by atoms with E-state index in [1.54, 1.807) is 28.8 Å². The number of pyridine rings is 1. The Hall–Kier alpha value is -3.50. The highest BCUT2D eigenvalue weighted by molar-refractivity contribution is 5.83. The topological polar surface area (TPSA) is 70.6 Å². The van der Waals surface area contributed by atoms with Gasteiger partial charge in [-0.05, 0) is 30.3 Å². The Morgan fingerprint density at radius 2 is 1.92 bits per heavy atom. The fourth-order valence-corrected chi connectivity index (χ4v) is 2.82. The quantitative estimate of drug-likeness (QED) is 0.563. The van der Waals surface area contributed by atoms with Gasteiger partial charge in [0.15, 0.2) is 0 Å². The van der Waals surface area contributed by atoms with Crippen LogP contribution in [0.5, 0.6) is 0 Å². The number of halogens is 1. The van der Waals surface area contributed by atoms with Crippen molar-refractivity contribution in [3.8, 4) is 22.4 Å². The molecule has 25 heavy (non-hydrogen) atoms. The normalized spacial score (nSPS) is 10.9. The van der Waals surface area contributed by atoms with Gasteiger partial charge in [-0.2, -0.15) is 5.10 Å². The van der Waals surface area contributed by atoms with Gasteiger partial charge in [0.25, 0.3) is 5.82 Å². The Kier molecular flexibility index (Phi) is 3.52. The molecule has 6 nitrogen and oxygen atoms in total. The van der Waals surface area contributed by atoms with Crippen LogP contribution in [0.1, 0.15) is 5.69 Å². The van der Waals surface area contributed by atoms with E-state index in [2.05, 4.69) is 20.0 Å². The van der Waals surface area contributed by atoms with Crippen molar-refractivity contribution < 1.29 is 9.50 Å². The minimum Gasteiger partial charge on any atom is -0.390 e. The van der Waals surface area contributed by atoms with Crippen molar-refractivity contribution >= 4 is 11.5 Å². The van der Waals surface area contributed by atoms with E-state index < -0.39 is 0 Å². The number of rotatable bonds is 3. The lowest BCUT2D eigenvalue weighted by molar-refractivity contribution is 0.277. The molecule has 0 fully saturated rings. The van der Waals surface area contributed by atoms with Crippen LogP contribution >= 0.6 is 0 Å². The molecule has 2 N–H and O–H groups in total. The summed E-state index contributed by atoms with van der Waals surface area (Å²) < 4.78 is 14.9. The number of nitrogens with one attached hydrogen (secondary N) is 1. The van der Waals surface area contributed by atoms with Crippen molar-refractivity contribution in [1.29, 1.82) is 0 Å². The first-order valence-electron chi connectivity index (χ1n) is 7.50. The Balaban J connectivity index is 1.94. The van der Waals surface area contributed by atoms with Gasteiger partial charge in [-0.3, -0.25) is 5.10 Å². The van der Waals surface area contributed by atoms with Crippen LogP contribution in [0.25, 0.3) is 32.9 Å². The predicted molar refractivity (Wildman–Crippen MR) is 90.4 cm³/mol. The molecule has 7 heteroatoms. The number of benzene rings is 1. The van der Waals surface area contributed by atoms with Crippen LogP contribution in [0.4, 0.5) is 10.2 Å². The van der Waals surface area contributed by atoms with Crippen LogP contribution in [0, 0.1) is 12.4 Å². The van der Waals surface area contributed by atoms with Crippen LogP contribution in [0.2, 0.25) is 0 Å². The molecule has 0 amide bonds. The van der Waals surface area contributed by atoms with Gasteiger partial charge in [0.2, 0.25) is 5.65 Å². The average Bonchev–Trinajstić information content (AvgIpc) is 3.25. The molecule has 0 atom stereocenters. The van der Waals surface area contributed by atoms with Gasteiger partial charge < -0.3 is 9.95 Å². The van der Waals surface area contributed by atoms with Crippen molar-refractivity contribution in [3.63, 3.8) is 0 Å². The average molecular weight is 333 g/mol. The van der Waals surface area contributed by atoms with Crippen LogP contribution < -0.4 is 0 Å². The minimum atomic E-state index is -0.329. The van der Waals surface area contributed by atoms with Gasteiger partial charge in [0.1, 0.15) is 11.5 Å². The lowest BCUT2D eigenvalue weighted by atomic mass is 10.0. The molecule has 4 rings (SSSR count). The molecular formula is C18H12FN5O. The second-order valence-electron chi connectivity index (χ2n) is 5.46. The summed E-state index contributed by atoms with van der Waals surface area (Å²) in [5, 5.41) is 16.8. The predicted octanol–water partition coefficient (Wildman–Crippen LogP) is 3.57. The smallest absolute Gasteiger partial charge is 0.254 e. The summed E-state index contributed by atoms with van der Waals surface area (Å²) in [5.41, 5.74) is 4.01. The van der Waals surface area contributed by atoms with E-state index in [0.29, 0.717) is 28.4 Å². The van der Waals surface area contributed by atoms with Crippen LogP contribution in [-0.2, 0) is 6.61 Å². The van der Waals surface area contributed by atoms with E-state index in [0.717, 1.165) is 11.1 Å². The number of aliphatic hydroxyl groups excluding tert-OH is 1. The maximum Gasteiger partial charge on any atom is 0.254 e. The summed E-state index contributed by atoms with van der Waals surface area (Å²) >= 11 is 0. The van der Waals surface area contributed by atoms with E-state index >= 15 is 0 Å². The first kappa shape index (κ1) is 15.1. The van der Waals surface area contributed by atoms with Crippen molar-refractivity contribution in [3.05, 3.63) is 71.7 Å². The first-order chi connectivity index (χ1) is 12.2. The molecule has 0 radical (unpaired) electrons. The summed E-state index contributed by atoms with van der Waals surface area (Å²) in [4.78, 5) is 7.63. The monoisotopic (exact) mass is 333 g/mol. The summed E-state index contributed by atoms with van der Waals surface area (Å²) in [6, 6.07) is 9.65. The number of H-pyrrole nitrogens is 1. The zero-order valence-electron chi connectivity index (χ0n) is 12.9. The highest BCUT2D eigenvalue weighted by Crippen LogP contribution is 2.34. The molecule has 0 saturated carbocycles. The van der Waals surface area contributed by atoms with E-state index in [1.807, 2.05) is 6.07 Å². The lowest BCUT2D eigenvalue weighted by Crippen LogP contribution is -1.92. The maximum absolute atomic E-state index is 13.2. The summed E-state index contributed by atoms with van der Waals surface area (Å²) in [7, 11) is 0. The van der Waals surface area contributed by atoms with E-state index in [9.17, 15) is 9.50 Å². The van der Waals surface area contributed by atoms with Gasteiger partial charge >= 0.3 is 0 Å². The zero-order chi connectivity index (χ0) is 17.4.